The van der Waals surface area contributed by atoms with Crippen LogP contribution in [0, 0.1) is 11.3 Å². The van der Waals surface area contributed by atoms with Gasteiger partial charge in [-0.1, -0.05) is 6.07 Å². The van der Waals surface area contributed by atoms with Crippen molar-refractivity contribution < 1.29 is 9.47 Å². The van der Waals surface area contributed by atoms with Gasteiger partial charge in [-0.2, -0.15) is 5.26 Å². The molecule has 0 radical (unpaired) electrons. The van der Waals surface area contributed by atoms with E-state index >= 15 is 0 Å². The van der Waals surface area contributed by atoms with Crippen LogP contribution in [0.1, 0.15) is 37.0 Å². The number of anilines is 2. The SMILES string of the molecule is CCOc1cc2ncc(C#N)c(Nc3ccc4c(c3)CCC4)c2cc1OCC. The summed E-state index contributed by atoms with van der Waals surface area (Å²) in [6.07, 6.45) is 5.07. The van der Waals surface area contributed by atoms with Gasteiger partial charge in [0.15, 0.2) is 11.5 Å². The molecule has 3 aromatic rings. The van der Waals surface area contributed by atoms with Gasteiger partial charge < -0.3 is 14.8 Å². The Morgan fingerprint density at radius 1 is 1.04 bits per heavy atom. The summed E-state index contributed by atoms with van der Waals surface area (Å²) in [7, 11) is 0. The van der Waals surface area contributed by atoms with Crippen molar-refractivity contribution >= 4 is 22.3 Å². The summed E-state index contributed by atoms with van der Waals surface area (Å²) in [5.74, 6) is 1.32. The number of aryl methyl sites for hydroxylation is 2. The maximum absolute atomic E-state index is 9.64. The highest BCUT2D eigenvalue weighted by atomic mass is 16.5. The van der Waals surface area contributed by atoms with Crippen molar-refractivity contribution in [3.05, 3.63) is 53.2 Å². The van der Waals surface area contributed by atoms with Gasteiger partial charge in [0.25, 0.3) is 0 Å². The first-order valence-electron chi connectivity index (χ1n) is 9.74. The molecule has 142 valence electrons. The summed E-state index contributed by atoms with van der Waals surface area (Å²) in [5.41, 5.74) is 5.79. The van der Waals surface area contributed by atoms with E-state index in [4.69, 9.17) is 9.47 Å². The first kappa shape index (κ1) is 18.1. The second kappa shape index (κ2) is 7.77. The number of hydrogen-bond donors (Lipinski definition) is 1. The molecule has 5 nitrogen and oxygen atoms in total. The summed E-state index contributed by atoms with van der Waals surface area (Å²) in [5, 5.41) is 13.9. The number of nitrogens with one attached hydrogen (secondary N) is 1. The second-order valence-corrected chi connectivity index (χ2v) is 6.80. The summed E-state index contributed by atoms with van der Waals surface area (Å²) in [6, 6.07) is 12.5. The fourth-order valence-corrected chi connectivity index (χ4v) is 3.75. The van der Waals surface area contributed by atoms with E-state index in [9.17, 15) is 5.26 Å². The Kier molecular flexibility index (Phi) is 5.03. The molecule has 5 heteroatoms. The first-order valence-corrected chi connectivity index (χ1v) is 9.74. The average molecular weight is 373 g/mol. The van der Waals surface area contributed by atoms with E-state index in [1.807, 2.05) is 26.0 Å². The Bertz CT molecular complexity index is 1070. The molecule has 28 heavy (non-hydrogen) atoms. The molecule has 1 aromatic heterocycles. The van der Waals surface area contributed by atoms with E-state index in [0.717, 1.165) is 35.1 Å². The lowest BCUT2D eigenvalue weighted by molar-refractivity contribution is 0.288. The number of benzene rings is 2. The number of pyridine rings is 1. The second-order valence-electron chi connectivity index (χ2n) is 6.80. The van der Waals surface area contributed by atoms with E-state index < -0.39 is 0 Å². The first-order chi connectivity index (χ1) is 13.7. The largest absolute Gasteiger partial charge is 0.490 e. The third kappa shape index (κ3) is 3.34. The fourth-order valence-electron chi connectivity index (χ4n) is 3.75. The van der Waals surface area contributed by atoms with Crippen LogP contribution in [0.15, 0.2) is 36.5 Å². The molecule has 0 atom stereocenters. The fraction of sp³-hybridized carbons (Fsp3) is 0.304. The van der Waals surface area contributed by atoms with Gasteiger partial charge in [-0.3, -0.25) is 4.98 Å². The quantitative estimate of drug-likeness (QED) is 0.648. The van der Waals surface area contributed by atoms with Gasteiger partial charge in [0, 0.05) is 23.3 Å². The molecule has 1 heterocycles. The number of aromatic nitrogens is 1. The molecule has 0 aliphatic heterocycles. The highest BCUT2D eigenvalue weighted by Gasteiger charge is 2.16. The van der Waals surface area contributed by atoms with Crippen molar-refractivity contribution in [1.29, 1.82) is 5.26 Å². The van der Waals surface area contributed by atoms with Gasteiger partial charge in [-0.15, -0.1) is 0 Å². The minimum atomic E-state index is 0.500. The predicted molar refractivity (Wildman–Crippen MR) is 111 cm³/mol. The molecule has 4 rings (SSSR count). The van der Waals surface area contributed by atoms with Gasteiger partial charge in [0.1, 0.15) is 6.07 Å². The Morgan fingerprint density at radius 2 is 1.79 bits per heavy atom. The van der Waals surface area contributed by atoms with Crippen LogP contribution in [-0.2, 0) is 12.8 Å². The number of nitriles is 1. The minimum Gasteiger partial charge on any atom is -0.490 e. The van der Waals surface area contributed by atoms with E-state index in [0.29, 0.717) is 30.3 Å². The maximum atomic E-state index is 9.64. The number of hydrogen-bond acceptors (Lipinski definition) is 5. The molecule has 1 aliphatic carbocycles. The van der Waals surface area contributed by atoms with Crippen molar-refractivity contribution in [2.24, 2.45) is 0 Å². The standard InChI is InChI=1S/C23H23N3O2/c1-3-27-21-11-19-20(12-22(21)28-4-2)25-14-17(13-24)23(19)26-18-9-8-15-6-5-7-16(15)10-18/h8-12,14H,3-7H2,1-2H3,(H,25,26). The summed E-state index contributed by atoms with van der Waals surface area (Å²) in [4.78, 5) is 4.46. The Morgan fingerprint density at radius 3 is 2.54 bits per heavy atom. The van der Waals surface area contributed by atoms with Gasteiger partial charge in [-0.25, -0.2) is 0 Å². The van der Waals surface area contributed by atoms with Crippen LogP contribution >= 0.6 is 0 Å². The van der Waals surface area contributed by atoms with Gasteiger partial charge in [0.2, 0.25) is 0 Å². The number of nitrogens with zero attached hydrogens (tertiary/aromatic N) is 2. The van der Waals surface area contributed by atoms with Gasteiger partial charge in [0.05, 0.1) is 30.0 Å². The van der Waals surface area contributed by atoms with Crippen LogP contribution in [0.5, 0.6) is 11.5 Å². The van der Waals surface area contributed by atoms with Crippen molar-refractivity contribution in [3.63, 3.8) is 0 Å². The lowest BCUT2D eigenvalue weighted by Crippen LogP contribution is -2.01. The van der Waals surface area contributed by atoms with E-state index in [-0.39, 0.29) is 0 Å². The highest BCUT2D eigenvalue weighted by molar-refractivity contribution is 5.97. The van der Waals surface area contributed by atoms with E-state index in [1.54, 1.807) is 6.20 Å². The molecule has 0 unspecified atom stereocenters. The minimum absolute atomic E-state index is 0.500. The molecule has 0 fully saturated rings. The maximum Gasteiger partial charge on any atom is 0.163 e. The van der Waals surface area contributed by atoms with Crippen LogP contribution in [-0.4, -0.2) is 18.2 Å². The lowest BCUT2D eigenvalue weighted by atomic mass is 10.1. The third-order valence-electron chi connectivity index (χ3n) is 5.02. The zero-order valence-corrected chi connectivity index (χ0v) is 16.2. The Hall–Kier alpha value is -3.26. The van der Waals surface area contributed by atoms with Crippen LogP contribution in [0.3, 0.4) is 0 Å². The molecular weight excluding hydrogens is 350 g/mol. The zero-order chi connectivity index (χ0) is 19.5. The lowest BCUT2D eigenvalue weighted by Gasteiger charge is -2.16. The monoisotopic (exact) mass is 373 g/mol. The van der Waals surface area contributed by atoms with Crippen molar-refractivity contribution in [1.82, 2.24) is 4.98 Å². The zero-order valence-electron chi connectivity index (χ0n) is 16.2. The van der Waals surface area contributed by atoms with Crippen molar-refractivity contribution in [3.8, 4) is 17.6 Å². The Labute approximate surface area is 164 Å². The van der Waals surface area contributed by atoms with Crippen LogP contribution < -0.4 is 14.8 Å². The topological polar surface area (TPSA) is 67.2 Å². The average Bonchev–Trinajstić information content (AvgIpc) is 3.17. The van der Waals surface area contributed by atoms with E-state index in [2.05, 4.69) is 34.6 Å². The van der Waals surface area contributed by atoms with Crippen LogP contribution in [0.2, 0.25) is 0 Å². The van der Waals surface area contributed by atoms with Crippen molar-refractivity contribution in [2.75, 3.05) is 18.5 Å². The summed E-state index contributed by atoms with van der Waals surface area (Å²) >= 11 is 0. The van der Waals surface area contributed by atoms with Crippen LogP contribution in [0.4, 0.5) is 11.4 Å². The molecular formula is C23H23N3O2. The highest BCUT2D eigenvalue weighted by Crippen LogP contribution is 2.37. The van der Waals surface area contributed by atoms with Crippen molar-refractivity contribution in [2.45, 2.75) is 33.1 Å². The molecule has 0 amide bonds. The molecule has 0 bridgehead atoms. The predicted octanol–water partition coefficient (Wildman–Crippen LogP) is 5.14. The number of rotatable bonds is 6. The summed E-state index contributed by atoms with van der Waals surface area (Å²) in [6.45, 7) is 4.95. The normalized spacial score (nSPS) is 12.5. The molecule has 0 spiro atoms. The molecule has 0 saturated carbocycles. The smallest absolute Gasteiger partial charge is 0.163 e. The van der Waals surface area contributed by atoms with Gasteiger partial charge >= 0.3 is 0 Å². The molecule has 1 N–H and O–H groups in total. The molecule has 2 aromatic carbocycles. The van der Waals surface area contributed by atoms with E-state index in [1.165, 1.54) is 17.5 Å². The number of fused-ring (bicyclic) bond motifs is 2. The molecule has 0 saturated heterocycles. The Balaban J connectivity index is 1.83. The summed E-state index contributed by atoms with van der Waals surface area (Å²) < 4.78 is 11.5. The molecule has 1 aliphatic rings. The number of ether oxygens (including phenoxy) is 2. The third-order valence-corrected chi connectivity index (χ3v) is 5.02. The van der Waals surface area contributed by atoms with Gasteiger partial charge in [-0.05, 0) is 62.4 Å². The van der Waals surface area contributed by atoms with Crippen LogP contribution in [0.25, 0.3) is 10.9 Å².